The SMILES string of the molecule is Nc1ccc(C(=O)Nc2ccc(Cl)cc2)cc1C(F)(F)F. The predicted molar refractivity (Wildman–Crippen MR) is 75.3 cm³/mol. The fourth-order valence-electron chi connectivity index (χ4n) is 1.68. The highest BCUT2D eigenvalue weighted by molar-refractivity contribution is 6.30. The molecule has 0 unspecified atom stereocenters. The van der Waals surface area contributed by atoms with E-state index in [2.05, 4.69) is 5.32 Å². The molecule has 0 heterocycles. The summed E-state index contributed by atoms with van der Waals surface area (Å²) in [5.74, 6) is -0.664. The minimum atomic E-state index is -4.61. The van der Waals surface area contributed by atoms with Gasteiger partial charge in [0.15, 0.2) is 0 Å². The molecule has 0 spiro atoms. The van der Waals surface area contributed by atoms with Crippen LogP contribution in [0.25, 0.3) is 0 Å². The van der Waals surface area contributed by atoms with Crippen LogP contribution in [0.2, 0.25) is 5.02 Å². The molecule has 110 valence electrons. The van der Waals surface area contributed by atoms with Crippen LogP contribution in [-0.2, 0) is 6.18 Å². The number of amides is 1. The first-order chi connectivity index (χ1) is 9.77. The number of benzene rings is 2. The van der Waals surface area contributed by atoms with Gasteiger partial charge < -0.3 is 11.1 Å². The molecule has 0 aliphatic carbocycles. The van der Waals surface area contributed by atoms with E-state index in [0.717, 1.165) is 12.1 Å². The second-order valence-corrected chi connectivity index (χ2v) is 4.70. The Hall–Kier alpha value is -2.21. The molecule has 3 N–H and O–H groups in total. The molecule has 0 aliphatic heterocycles. The number of anilines is 2. The van der Waals surface area contributed by atoms with Gasteiger partial charge in [-0.1, -0.05) is 11.6 Å². The Labute approximate surface area is 123 Å². The Morgan fingerprint density at radius 1 is 1.10 bits per heavy atom. The molecule has 7 heteroatoms. The van der Waals surface area contributed by atoms with Crippen LogP contribution in [0, 0.1) is 0 Å². The first-order valence-corrected chi connectivity index (χ1v) is 6.19. The first-order valence-electron chi connectivity index (χ1n) is 5.81. The highest BCUT2D eigenvalue weighted by Gasteiger charge is 2.33. The van der Waals surface area contributed by atoms with E-state index in [1.54, 1.807) is 24.3 Å². The molecule has 2 aromatic rings. The van der Waals surface area contributed by atoms with Gasteiger partial charge in [-0.25, -0.2) is 0 Å². The topological polar surface area (TPSA) is 55.1 Å². The average molecular weight is 315 g/mol. The second-order valence-electron chi connectivity index (χ2n) is 4.26. The van der Waals surface area contributed by atoms with Gasteiger partial charge in [0.25, 0.3) is 5.91 Å². The van der Waals surface area contributed by atoms with Gasteiger partial charge in [0.1, 0.15) is 0 Å². The summed E-state index contributed by atoms with van der Waals surface area (Å²) in [6.07, 6.45) is -4.61. The normalized spacial score (nSPS) is 11.2. The Balaban J connectivity index is 2.25. The molecule has 0 saturated carbocycles. The van der Waals surface area contributed by atoms with E-state index in [-0.39, 0.29) is 5.56 Å². The van der Waals surface area contributed by atoms with Crippen molar-refractivity contribution in [2.24, 2.45) is 0 Å². The van der Waals surface area contributed by atoms with Gasteiger partial charge >= 0.3 is 6.18 Å². The lowest BCUT2D eigenvalue weighted by molar-refractivity contribution is -0.136. The third-order valence-electron chi connectivity index (χ3n) is 2.72. The zero-order chi connectivity index (χ0) is 15.6. The molecule has 2 rings (SSSR count). The van der Waals surface area contributed by atoms with Gasteiger partial charge in [0.05, 0.1) is 5.56 Å². The van der Waals surface area contributed by atoms with E-state index in [9.17, 15) is 18.0 Å². The predicted octanol–water partition coefficient (Wildman–Crippen LogP) is 4.19. The van der Waals surface area contributed by atoms with Crippen molar-refractivity contribution in [3.63, 3.8) is 0 Å². The zero-order valence-electron chi connectivity index (χ0n) is 10.5. The lowest BCUT2D eigenvalue weighted by atomic mass is 10.1. The molecule has 0 saturated heterocycles. The van der Waals surface area contributed by atoms with Crippen molar-refractivity contribution in [3.8, 4) is 0 Å². The van der Waals surface area contributed by atoms with Crippen LogP contribution in [0.1, 0.15) is 15.9 Å². The van der Waals surface area contributed by atoms with Gasteiger partial charge in [-0.2, -0.15) is 13.2 Å². The zero-order valence-corrected chi connectivity index (χ0v) is 11.3. The van der Waals surface area contributed by atoms with Crippen LogP contribution < -0.4 is 11.1 Å². The van der Waals surface area contributed by atoms with Crippen LogP contribution in [0.15, 0.2) is 42.5 Å². The van der Waals surface area contributed by atoms with E-state index in [4.69, 9.17) is 17.3 Å². The molecule has 0 aromatic heterocycles. The summed E-state index contributed by atoms with van der Waals surface area (Å²) in [5, 5.41) is 2.96. The number of rotatable bonds is 2. The van der Waals surface area contributed by atoms with Crippen molar-refractivity contribution in [3.05, 3.63) is 58.6 Å². The monoisotopic (exact) mass is 314 g/mol. The number of hydrogen-bond donors (Lipinski definition) is 2. The Morgan fingerprint density at radius 2 is 1.71 bits per heavy atom. The summed E-state index contributed by atoms with van der Waals surface area (Å²) in [6.45, 7) is 0. The van der Waals surface area contributed by atoms with Crippen LogP contribution in [0.5, 0.6) is 0 Å². The summed E-state index contributed by atoms with van der Waals surface area (Å²) < 4.78 is 38.2. The molecule has 1 amide bonds. The smallest absolute Gasteiger partial charge is 0.398 e. The highest BCUT2D eigenvalue weighted by atomic mass is 35.5. The number of nitrogen functional groups attached to an aromatic ring is 1. The molecular formula is C14H10ClF3N2O. The number of carbonyl (C=O) groups is 1. The lowest BCUT2D eigenvalue weighted by Gasteiger charge is -2.12. The largest absolute Gasteiger partial charge is 0.418 e. The molecule has 0 atom stereocenters. The number of nitrogens with one attached hydrogen (secondary N) is 1. The third-order valence-corrected chi connectivity index (χ3v) is 2.97. The van der Waals surface area contributed by atoms with Crippen LogP contribution in [-0.4, -0.2) is 5.91 Å². The second kappa shape index (κ2) is 5.65. The van der Waals surface area contributed by atoms with Crippen molar-refractivity contribution in [1.82, 2.24) is 0 Å². The van der Waals surface area contributed by atoms with Gasteiger partial charge in [-0.05, 0) is 42.5 Å². The van der Waals surface area contributed by atoms with Crippen LogP contribution in [0.4, 0.5) is 24.5 Å². The Bertz CT molecular complexity index is 669. The van der Waals surface area contributed by atoms with E-state index in [0.29, 0.717) is 10.7 Å². The Kier molecular flexibility index (Phi) is 4.09. The number of alkyl halides is 3. The van der Waals surface area contributed by atoms with Gasteiger partial charge in [0.2, 0.25) is 0 Å². The quantitative estimate of drug-likeness (QED) is 0.816. The first kappa shape index (κ1) is 15.2. The maximum Gasteiger partial charge on any atom is 0.418 e. The van der Waals surface area contributed by atoms with Crippen molar-refractivity contribution >= 4 is 28.9 Å². The van der Waals surface area contributed by atoms with Crippen LogP contribution in [0.3, 0.4) is 0 Å². The maximum absolute atomic E-state index is 12.7. The van der Waals surface area contributed by atoms with E-state index in [1.807, 2.05) is 0 Å². The third kappa shape index (κ3) is 3.66. The fourth-order valence-corrected chi connectivity index (χ4v) is 1.81. The minimum Gasteiger partial charge on any atom is -0.398 e. The van der Waals surface area contributed by atoms with Crippen molar-refractivity contribution in [1.29, 1.82) is 0 Å². The van der Waals surface area contributed by atoms with Crippen molar-refractivity contribution in [2.75, 3.05) is 11.1 Å². The van der Waals surface area contributed by atoms with Gasteiger partial charge in [-0.15, -0.1) is 0 Å². The molecule has 2 aromatic carbocycles. The van der Waals surface area contributed by atoms with Crippen LogP contribution >= 0.6 is 11.6 Å². The molecule has 0 aliphatic rings. The molecular weight excluding hydrogens is 305 g/mol. The fraction of sp³-hybridized carbons (Fsp3) is 0.0714. The minimum absolute atomic E-state index is 0.133. The highest BCUT2D eigenvalue weighted by Crippen LogP contribution is 2.34. The molecule has 0 bridgehead atoms. The van der Waals surface area contributed by atoms with Crippen molar-refractivity contribution in [2.45, 2.75) is 6.18 Å². The number of hydrogen-bond acceptors (Lipinski definition) is 2. The molecule has 0 radical (unpaired) electrons. The average Bonchev–Trinajstić information content (AvgIpc) is 2.40. The van der Waals surface area contributed by atoms with E-state index in [1.165, 1.54) is 6.07 Å². The molecule has 0 fully saturated rings. The summed E-state index contributed by atoms with van der Waals surface area (Å²) in [4.78, 5) is 11.9. The summed E-state index contributed by atoms with van der Waals surface area (Å²) in [6, 6.07) is 9.21. The summed E-state index contributed by atoms with van der Waals surface area (Å²) in [7, 11) is 0. The number of carbonyl (C=O) groups excluding carboxylic acids is 1. The standard InChI is InChI=1S/C14H10ClF3N2O/c15-9-2-4-10(5-3-9)20-13(21)8-1-6-12(19)11(7-8)14(16,17)18/h1-7H,19H2,(H,20,21). The van der Waals surface area contributed by atoms with Crippen molar-refractivity contribution < 1.29 is 18.0 Å². The lowest BCUT2D eigenvalue weighted by Crippen LogP contribution is -2.15. The Morgan fingerprint density at radius 3 is 2.29 bits per heavy atom. The molecule has 3 nitrogen and oxygen atoms in total. The molecule has 21 heavy (non-hydrogen) atoms. The summed E-state index contributed by atoms with van der Waals surface area (Å²) >= 11 is 5.70. The number of nitrogens with two attached hydrogens (primary N) is 1. The van der Waals surface area contributed by atoms with Gasteiger partial charge in [-0.3, -0.25) is 4.79 Å². The van der Waals surface area contributed by atoms with E-state index >= 15 is 0 Å². The number of halogens is 4. The summed E-state index contributed by atoms with van der Waals surface area (Å²) in [5.41, 5.74) is 4.11. The van der Waals surface area contributed by atoms with E-state index < -0.39 is 23.3 Å². The van der Waals surface area contributed by atoms with Gasteiger partial charge in [0, 0.05) is 22.0 Å². The maximum atomic E-state index is 12.7.